The average Bonchev–Trinajstić information content (AvgIpc) is 2.29. The van der Waals surface area contributed by atoms with Gasteiger partial charge in [-0.15, -0.1) is 0 Å². The fraction of sp³-hybridized carbons (Fsp3) is 0.933. The topological polar surface area (TPSA) is 59.6 Å². The van der Waals surface area contributed by atoms with Gasteiger partial charge in [0.15, 0.2) is 0 Å². The lowest BCUT2D eigenvalue weighted by Gasteiger charge is -2.27. The molecule has 0 aliphatic heterocycles. The maximum absolute atomic E-state index is 11.5. The normalized spacial score (nSPS) is 13.9. The summed E-state index contributed by atoms with van der Waals surface area (Å²) >= 11 is 0. The van der Waals surface area contributed by atoms with Crippen LogP contribution in [-0.4, -0.2) is 44.5 Å². The van der Waals surface area contributed by atoms with Gasteiger partial charge in [0.1, 0.15) is 5.60 Å². The van der Waals surface area contributed by atoms with E-state index in [0.717, 1.165) is 19.6 Å². The Morgan fingerprint density at radius 2 is 1.80 bits per heavy atom. The number of ether oxygens (including phenoxy) is 2. The van der Waals surface area contributed by atoms with Crippen LogP contribution in [-0.2, 0) is 9.47 Å². The van der Waals surface area contributed by atoms with E-state index in [1.807, 2.05) is 27.7 Å². The van der Waals surface area contributed by atoms with E-state index in [1.54, 1.807) is 7.11 Å². The van der Waals surface area contributed by atoms with Crippen molar-refractivity contribution in [3.63, 3.8) is 0 Å². The van der Waals surface area contributed by atoms with E-state index >= 15 is 0 Å². The molecule has 1 amide bonds. The molecule has 0 radical (unpaired) electrons. The summed E-state index contributed by atoms with van der Waals surface area (Å²) in [4.78, 5) is 11.5. The number of carbonyl (C=O) groups excluding carboxylic acids is 1. The first-order valence-corrected chi connectivity index (χ1v) is 7.25. The van der Waals surface area contributed by atoms with Crippen LogP contribution in [0.1, 0.15) is 48.0 Å². The average molecular weight is 288 g/mol. The highest BCUT2D eigenvalue weighted by molar-refractivity contribution is 5.67. The van der Waals surface area contributed by atoms with E-state index in [0.29, 0.717) is 6.54 Å². The third-order valence-corrected chi connectivity index (χ3v) is 2.86. The van der Waals surface area contributed by atoms with Crippen molar-refractivity contribution in [2.75, 3.05) is 26.8 Å². The van der Waals surface area contributed by atoms with Gasteiger partial charge >= 0.3 is 6.09 Å². The van der Waals surface area contributed by atoms with Gasteiger partial charge in [0.2, 0.25) is 0 Å². The van der Waals surface area contributed by atoms with Gasteiger partial charge in [-0.3, -0.25) is 0 Å². The summed E-state index contributed by atoms with van der Waals surface area (Å²) in [6, 6.07) is 0.198. The minimum Gasteiger partial charge on any atom is -0.444 e. The molecule has 0 heterocycles. The fourth-order valence-corrected chi connectivity index (χ4v) is 1.54. The molecule has 0 aromatic carbocycles. The van der Waals surface area contributed by atoms with Crippen LogP contribution in [0.15, 0.2) is 0 Å². The number of hydrogen-bond acceptors (Lipinski definition) is 4. The number of rotatable bonds is 8. The molecule has 0 bridgehead atoms. The van der Waals surface area contributed by atoms with E-state index < -0.39 is 5.60 Å². The molecule has 0 aromatic rings. The van der Waals surface area contributed by atoms with Gasteiger partial charge in [0.05, 0.1) is 0 Å². The first kappa shape index (κ1) is 19.2. The van der Waals surface area contributed by atoms with Gasteiger partial charge in [-0.2, -0.15) is 0 Å². The highest BCUT2D eigenvalue weighted by Crippen LogP contribution is 2.18. The van der Waals surface area contributed by atoms with Crippen molar-refractivity contribution in [2.45, 2.75) is 59.6 Å². The number of carbonyl (C=O) groups is 1. The molecule has 0 fully saturated rings. The minimum absolute atomic E-state index is 0.177. The summed E-state index contributed by atoms with van der Waals surface area (Å²) in [6.07, 6.45) is 0.632. The number of amides is 1. The Kier molecular flexibility index (Phi) is 8.13. The summed E-state index contributed by atoms with van der Waals surface area (Å²) in [6.45, 7) is 14.2. The van der Waals surface area contributed by atoms with Crippen LogP contribution >= 0.6 is 0 Å². The minimum atomic E-state index is -0.455. The van der Waals surface area contributed by atoms with Crippen LogP contribution in [0.2, 0.25) is 0 Å². The second-order valence-electron chi connectivity index (χ2n) is 7.07. The molecule has 20 heavy (non-hydrogen) atoms. The number of methoxy groups -OCH3 is 1. The number of nitrogens with one attached hydrogen (secondary N) is 2. The molecule has 1 unspecified atom stereocenters. The first-order chi connectivity index (χ1) is 9.06. The molecule has 0 spiro atoms. The van der Waals surface area contributed by atoms with Crippen molar-refractivity contribution in [3.8, 4) is 0 Å². The zero-order valence-corrected chi connectivity index (χ0v) is 14.1. The zero-order chi connectivity index (χ0) is 15.8. The van der Waals surface area contributed by atoms with Crippen LogP contribution in [0.5, 0.6) is 0 Å². The lowest BCUT2D eigenvalue weighted by molar-refractivity contribution is 0.0522. The second kappa shape index (κ2) is 8.47. The van der Waals surface area contributed by atoms with Crippen LogP contribution in [0, 0.1) is 5.41 Å². The fourth-order valence-electron chi connectivity index (χ4n) is 1.54. The van der Waals surface area contributed by atoms with Crippen molar-refractivity contribution in [2.24, 2.45) is 5.41 Å². The predicted octanol–water partition coefficient (Wildman–Crippen LogP) is 2.55. The molecular formula is C15H32N2O3. The molecular weight excluding hydrogens is 256 g/mol. The monoisotopic (exact) mass is 288 g/mol. The van der Waals surface area contributed by atoms with Crippen LogP contribution in [0.3, 0.4) is 0 Å². The number of hydrogen-bond donors (Lipinski definition) is 2. The Morgan fingerprint density at radius 1 is 1.20 bits per heavy atom. The standard InChI is InChI=1S/C15H32N2O3/c1-12(10-16-13(18)20-14(2,3)4)17-11-15(5,6)8-9-19-7/h12,17H,8-11H2,1-7H3,(H,16,18). The van der Waals surface area contributed by atoms with E-state index in [4.69, 9.17) is 9.47 Å². The Morgan fingerprint density at radius 3 is 2.30 bits per heavy atom. The predicted molar refractivity (Wildman–Crippen MR) is 82.0 cm³/mol. The highest BCUT2D eigenvalue weighted by atomic mass is 16.6. The molecule has 0 aliphatic carbocycles. The Hall–Kier alpha value is -0.810. The summed E-state index contributed by atoms with van der Waals surface area (Å²) in [7, 11) is 1.72. The van der Waals surface area contributed by atoms with Crippen molar-refractivity contribution in [1.29, 1.82) is 0 Å². The molecule has 0 saturated heterocycles. The Balaban J connectivity index is 3.89. The maximum atomic E-state index is 11.5. The van der Waals surface area contributed by atoms with Crippen LogP contribution in [0.4, 0.5) is 4.79 Å². The van der Waals surface area contributed by atoms with E-state index in [1.165, 1.54) is 0 Å². The SMILES string of the molecule is COCCC(C)(C)CNC(C)CNC(=O)OC(C)(C)C. The zero-order valence-electron chi connectivity index (χ0n) is 14.1. The molecule has 0 saturated carbocycles. The van der Waals surface area contributed by atoms with E-state index in [9.17, 15) is 4.79 Å². The smallest absolute Gasteiger partial charge is 0.407 e. The van der Waals surface area contributed by atoms with Crippen LogP contribution < -0.4 is 10.6 Å². The molecule has 5 nitrogen and oxygen atoms in total. The second-order valence-corrected chi connectivity index (χ2v) is 7.07. The Bertz CT molecular complexity index is 285. The molecule has 5 heteroatoms. The van der Waals surface area contributed by atoms with Gasteiger partial charge in [0.25, 0.3) is 0 Å². The third kappa shape index (κ3) is 11.1. The van der Waals surface area contributed by atoms with Gasteiger partial charge in [-0.1, -0.05) is 13.8 Å². The number of alkyl carbamates (subject to hydrolysis) is 1. The third-order valence-electron chi connectivity index (χ3n) is 2.86. The van der Waals surface area contributed by atoms with Gasteiger partial charge in [-0.25, -0.2) is 4.79 Å². The van der Waals surface area contributed by atoms with Gasteiger partial charge in [-0.05, 0) is 39.5 Å². The van der Waals surface area contributed by atoms with Crippen molar-refractivity contribution < 1.29 is 14.3 Å². The van der Waals surface area contributed by atoms with E-state index in [-0.39, 0.29) is 17.6 Å². The Labute approximate surface area is 123 Å². The first-order valence-electron chi connectivity index (χ1n) is 7.25. The van der Waals surface area contributed by atoms with Crippen LogP contribution in [0.25, 0.3) is 0 Å². The molecule has 0 rings (SSSR count). The quantitative estimate of drug-likeness (QED) is 0.720. The van der Waals surface area contributed by atoms with E-state index in [2.05, 4.69) is 24.5 Å². The molecule has 0 aliphatic rings. The van der Waals surface area contributed by atoms with Gasteiger partial charge < -0.3 is 20.1 Å². The highest BCUT2D eigenvalue weighted by Gasteiger charge is 2.19. The molecule has 120 valence electrons. The largest absolute Gasteiger partial charge is 0.444 e. The van der Waals surface area contributed by atoms with Crippen molar-refractivity contribution >= 4 is 6.09 Å². The lowest BCUT2D eigenvalue weighted by atomic mass is 9.89. The molecule has 1 atom stereocenters. The maximum Gasteiger partial charge on any atom is 0.407 e. The van der Waals surface area contributed by atoms with Crippen molar-refractivity contribution in [3.05, 3.63) is 0 Å². The molecule has 0 aromatic heterocycles. The lowest BCUT2D eigenvalue weighted by Crippen LogP contribution is -2.44. The summed E-state index contributed by atoms with van der Waals surface area (Å²) in [5.41, 5.74) is -0.279. The summed E-state index contributed by atoms with van der Waals surface area (Å²) in [5, 5.41) is 6.19. The summed E-state index contributed by atoms with van der Waals surface area (Å²) < 4.78 is 10.3. The van der Waals surface area contributed by atoms with Crippen molar-refractivity contribution in [1.82, 2.24) is 10.6 Å². The summed E-state index contributed by atoms with van der Waals surface area (Å²) in [5.74, 6) is 0. The van der Waals surface area contributed by atoms with Gasteiger partial charge in [0, 0.05) is 32.8 Å². The molecule has 2 N–H and O–H groups in total.